The molecule has 5 amide bonds. The topological polar surface area (TPSA) is 251 Å². The third-order valence-electron chi connectivity index (χ3n) is 22.2. The number of aromatic nitrogens is 1. The number of aliphatic hydroxyl groups is 1. The van der Waals surface area contributed by atoms with Crippen LogP contribution in [0, 0.1) is 28.6 Å². The maximum absolute atomic E-state index is 14.6. The van der Waals surface area contributed by atoms with Crippen LogP contribution < -0.4 is 25.6 Å². The van der Waals surface area contributed by atoms with E-state index in [1.807, 2.05) is 93.9 Å². The number of carbonyl (C=O) groups is 5. The first kappa shape index (κ1) is 80.0. The lowest BCUT2D eigenvalue weighted by molar-refractivity contribution is -0.250. The third kappa shape index (κ3) is 18.6. The summed E-state index contributed by atoms with van der Waals surface area (Å²) >= 11 is 2.93. The largest absolute Gasteiger partial charge is 0.501 e. The van der Waals surface area contributed by atoms with E-state index < -0.39 is 106 Å². The number of sulfonamides is 1. The van der Waals surface area contributed by atoms with Gasteiger partial charge >= 0.3 is 5.51 Å². The van der Waals surface area contributed by atoms with Crippen molar-refractivity contribution < 1.29 is 67.9 Å². The Labute approximate surface area is 627 Å². The van der Waals surface area contributed by atoms with E-state index >= 15 is 0 Å². The molecule has 2 unspecified atom stereocenters. The number of sulfone groups is 1. The van der Waals surface area contributed by atoms with Gasteiger partial charge in [0.05, 0.1) is 38.8 Å². The molecule has 4 heterocycles. The average molecular weight is 1550 g/mol. The molecule has 6 fully saturated rings. The first-order chi connectivity index (χ1) is 50.0. The number of hydrogen-bond donors (Lipinski definition) is 5. The summed E-state index contributed by atoms with van der Waals surface area (Å²) in [5, 5.41) is 19.7. The predicted molar refractivity (Wildman–Crippen MR) is 400 cm³/mol. The van der Waals surface area contributed by atoms with Gasteiger partial charge in [0.15, 0.2) is 0 Å². The van der Waals surface area contributed by atoms with Gasteiger partial charge in [-0.25, -0.2) is 35.3 Å². The Bertz CT molecular complexity index is 4240. The van der Waals surface area contributed by atoms with Gasteiger partial charge in [-0.05, 0) is 154 Å². The number of allylic oxidation sites excluding steroid dienone is 1. The number of amides is 5. The van der Waals surface area contributed by atoms with Crippen LogP contribution in [0.5, 0.6) is 0 Å². The SMILES string of the molecule is Cc1ncsc1-c1ccc([C@H](C)NC(=O)[C@@H]2C[C@@H](O)CN2C(=O)C(NC(=O)CCCCCC(=O)N2CCN(CCC(CSc3ccccc3)Nc3ccc(S(=O)(=O)NC(=O)c4ccc(N5CCN(CC6=C(C78CC(C(F)F)(C7)C8)CC(C)(C)CC6)CC5)cc4)cc3S(=O)(=O)C(F)(F)F)CC2)C(C)(C)C)cc1. The van der Waals surface area contributed by atoms with Gasteiger partial charge in [-0.1, -0.05) is 94.7 Å². The fourth-order valence-electron chi connectivity index (χ4n) is 16.0. The van der Waals surface area contributed by atoms with Crippen LogP contribution in [0.2, 0.25) is 0 Å². The molecule has 5 atom stereocenters. The number of likely N-dealkylation sites (tertiary alicyclic amines) is 1. The molecule has 4 aromatic carbocycles. The molecular formula is C77H99F5N10O10S4. The second-order valence-electron chi connectivity index (χ2n) is 31.7. The first-order valence-corrected chi connectivity index (χ1v) is 41.5. The van der Waals surface area contributed by atoms with Gasteiger partial charge in [0.25, 0.3) is 25.8 Å². The van der Waals surface area contributed by atoms with E-state index in [2.05, 4.69) is 49.5 Å². The Kier molecular flexibility index (Phi) is 24.6. The molecule has 1 aromatic heterocycles. The van der Waals surface area contributed by atoms with Gasteiger partial charge < -0.3 is 35.8 Å². The van der Waals surface area contributed by atoms with Crippen molar-refractivity contribution in [1.29, 1.82) is 0 Å². The number of anilines is 2. The molecule has 576 valence electrons. The number of unbranched alkanes of at least 4 members (excludes halogenated alkanes) is 2. The minimum atomic E-state index is -6.20. The number of thioether (sulfide) groups is 1. The second-order valence-corrected chi connectivity index (χ2v) is 37.2. The molecule has 5 aromatic rings. The second kappa shape index (κ2) is 32.7. The Morgan fingerprint density at radius 1 is 0.802 bits per heavy atom. The summed E-state index contributed by atoms with van der Waals surface area (Å²) in [5.41, 5.74) is 0.269. The van der Waals surface area contributed by atoms with Crippen molar-refractivity contribution in [1.82, 2.24) is 39.9 Å². The highest BCUT2D eigenvalue weighted by Gasteiger charge is 2.73. The lowest BCUT2D eigenvalue weighted by atomic mass is 9.32. The van der Waals surface area contributed by atoms with Crippen molar-refractivity contribution >= 4 is 83.9 Å². The van der Waals surface area contributed by atoms with Crippen molar-refractivity contribution in [2.24, 2.45) is 21.7 Å². The number of aryl methyl sites for hydroxylation is 1. The first-order valence-electron chi connectivity index (χ1n) is 36.7. The Balaban J connectivity index is 0.641. The van der Waals surface area contributed by atoms with Crippen molar-refractivity contribution in [3.05, 3.63) is 131 Å². The van der Waals surface area contributed by atoms with E-state index in [0.717, 1.165) is 83.3 Å². The minimum Gasteiger partial charge on any atom is -0.391 e. The zero-order valence-electron chi connectivity index (χ0n) is 61.3. The molecule has 20 nitrogen and oxygen atoms in total. The number of hydrogen-bond acceptors (Lipinski definition) is 17. The smallest absolute Gasteiger partial charge is 0.391 e. The van der Waals surface area contributed by atoms with Crippen LogP contribution >= 0.6 is 23.1 Å². The van der Waals surface area contributed by atoms with Gasteiger partial charge in [0.1, 0.15) is 17.0 Å². The zero-order valence-corrected chi connectivity index (χ0v) is 64.6. The summed E-state index contributed by atoms with van der Waals surface area (Å²) in [6.07, 6.45) is 3.59. The molecule has 4 aliphatic carbocycles. The quantitative estimate of drug-likeness (QED) is 0.0129. The maximum atomic E-state index is 14.6. The predicted octanol–water partition coefficient (Wildman–Crippen LogP) is 12.0. The van der Waals surface area contributed by atoms with E-state index in [1.165, 1.54) is 39.9 Å². The Hall–Kier alpha value is -7.02. The molecule has 0 radical (unpaired) electrons. The highest BCUT2D eigenvalue weighted by molar-refractivity contribution is 7.99. The number of rotatable bonds is 29. The molecule has 3 aliphatic heterocycles. The molecule has 3 saturated carbocycles. The Morgan fingerprint density at radius 2 is 1.46 bits per heavy atom. The molecule has 5 N–H and O–H groups in total. The minimum absolute atomic E-state index is 0.0438. The molecular weight excluding hydrogens is 1450 g/mol. The Morgan fingerprint density at radius 3 is 2.09 bits per heavy atom. The number of carbonyl (C=O) groups excluding carboxylic acids is 5. The number of aliphatic hydroxyl groups excluding tert-OH is 1. The van der Waals surface area contributed by atoms with Crippen LogP contribution in [0.1, 0.15) is 153 Å². The number of benzene rings is 4. The summed E-state index contributed by atoms with van der Waals surface area (Å²) in [5.74, 6) is -2.15. The van der Waals surface area contributed by atoms with Crippen LogP contribution in [-0.4, -0.2) is 190 Å². The van der Waals surface area contributed by atoms with E-state index in [0.29, 0.717) is 96.8 Å². The molecule has 29 heteroatoms. The maximum Gasteiger partial charge on any atom is 0.501 e. The third-order valence-corrected chi connectivity index (χ3v) is 27.2. The zero-order chi connectivity index (χ0) is 76.3. The van der Waals surface area contributed by atoms with Gasteiger partial charge in [-0.3, -0.25) is 33.8 Å². The van der Waals surface area contributed by atoms with E-state index in [-0.39, 0.29) is 59.8 Å². The van der Waals surface area contributed by atoms with E-state index in [1.54, 1.807) is 33.9 Å². The fourth-order valence-corrected chi connectivity index (χ4v) is 19.8. The van der Waals surface area contributed by atoms with Gasteiger partial charge in [-0.2, -0.15) is 13.2 Å². The van der Waals surface area contributed by atoms with Gasteiger partial charge in [0, 0.05) is 125 Å². The van der Waals surface area contributed by atoms with Crippen molar-refractivity contribution in [2.45, 2.75) is 189 Å². The number of nitrogens with one attached hydrogen (secondary N) is 4. The van der Waals surface area contributed by atoms with Crippen LogP contribution in [0.25, 0.3) is 10.4 Å². The number of alkyl halides is 5. The van der Waals surface area contributed by atoms with Crippen molar-refractivity contribution in [2.75, 3.05) is 88.0 Å². The van der Waals surface area contributed by atoms with Crippen LogP contribution in [-0.2, 0) is 39.0 Å². The van der Waals surface area contributed by atoms with E-state index in [9.17, 15) is 67.9 Å². The van der Waals surface area contributed by atoms with Gasteiger partial charge in [0.2, 0.25) is 30.1 Å². The summed E-state index contributed by atoms with van der Waals surface area (Å²) in [6.45, 7) is 19.4. The van der Waals surface area contributed by atoms with Crippen LogP contribution in [0.3, 0.4) is 0 Å². The molecule has 106 heavy (non-hydrogen) atoms. The highest BCUT2D eigenvalue weighted by atomic mass is 32.2. The normalized spacial score (nSPS) is 22.5. The molecule has 7 aliphatic rings. The molecule has 3 saturated heterocycles. The summed E-state index contributed by atoms with van der Waals surface area (Å²) in [7, 11) is -11.2. The fraction of sp³-hybridized carbons (Fsp3) is 0.558. The number of piperazine rings is 2. The summed E-state index contributed by atoms with van der Waals surface area (Å²) in [6, 6.07) is 22.5. The number of thiazole rings is 1. The average Bonchev–Trinajstić information content (AvgIpc) is 1.62. The lowest BCUT2D eigenvalue weighted by Gasteiger charge is -2.72. The number of halogens is 5. The summed E-state index contributed by atoms with van der Waals surface area (Å²) in [4.78, 5) is 82.5. The van der Waals surface area contributed by atoms with Crippen LogP contribution in [0.15, 0.2) is 128 Å². The molecule has 12 rings (SSSR count). The van der Waals surface area contributed by atoms with Crippen molar-refractivity contribution in [3.63, 3.8) is 0 Å². The van der Waals surface area contributed by atoms with Crippen molar-refractivity contribution in [3.8, 4) is 10.4 Å². The monoisotopic (exact) mass is 1550 g/mol. The van der Waals surface area contributed by atoms with Crippen LogP contribution in [0.4, 0.5) is 33.3 Å². The van der Waals surface area contributed by atoms with Gasteiger partial charge in [-0.15, -0.1) is 23.1 Å². The highest BCUT2D eigenvalue weighted by Crippen LogP contribution is 2.79. The number of β-amino-alcohol motifs (C(OH)–C–C–N with tert-alkyl or cyclic N) is 1. The van der Waals surface area contributed by atoms with E-state index in [4.69, 9.17) is 0 Å². The molecule has 2 bridgehead atoms. The number of nitrogens with zero attached hydrogens (tertiary/aromatic N) is 6. The lowest BCUT2D eigenvalue weighted by Crippen LogP contribution is -2.66. The summed E-state index contributed by atoms with van der Waals surface area (Å²) < 4.78 is 128. The molecule has 0 spiro atoms. The standard InChI is InChI=1S/C77H99F5N10O10S4/c1-50(52-18-20-53(21-19-52)67-51(2)83-49-104-67)84-70(97)63-40-58(93)44-92(63)71(98)68(73(3,4)5)86-65(94)16-12-9-13-17-66(95)91-38-32-88(33-39-91)31-29-56(45-103-59-14-10-8-11-15-59)85-62-27-26-60(41-64(62)105(99,100)77(80,81)82)106(101,102)87-69(96)54-22-24-57(25-23-54)90-36-34-89(35-37-90)43-55-28-30-74(6,7)42-61(55)75-46-76(47-75,48-75)72(78)79/h8,10-11,14-15,18-27,41,49-50,56,58,63,68,72,85,93H,9,12-13,16-17,28-40,42-48H2,1-7H3,(H,84,97)(H,86,94)(H,87,96)/t50-,56?,58+,63-,68?,75?,76?/m0/s1.